The maximum absolute atomic E-state index is 3.57. The molecule has 0 saturated carbocycles. The van der Waals surface area contributed by atoms with E-state index in [0.29, 0.717) is 10.7 Å². The van der Waals surface area contributed by atoms with Crippen LogP contribution in [0.4, 0.5) is 5.69 Å². The van der Waals surface area contributed by atoms with Crippen molar-refractivity contribution < 1.29 is 0 Å². The molecule has 20 heavy (non-hydrogen) atoms. The summed E-state index contributed by atoms with van der Waals surface area (Å²) in [5.41, 5.74) is 2.84. The Morgan fingerprint density at radius 2 is 2.05 bits per heavy atom. The number of para-hydroxylation sites is 1. The van der Waals surface area contributed by atoms with E-state index in [1.165, 1.54) is 17.0 Å². The number of anilines is 1. The molecule has 3 heteroatoms. The van der Waals surface area contributed by atoms with Crippen molar-refractivity contribution in [2.24, 2.45) is 5.92 Å². The van der Waals surface area contributed by atoms with Gasteiger partial charge >= 0.3 is 0 Å². The Kier molecular flexibility index (Phi) is 5.39. The standard InChI is InChI=1S/C17H28N2S/c1-14(2)11-18-12-15-7-5-6-8-16(15)19-9-10-20-17(3,4)13-19/h5-8,14,18H,9-13H2,1-4H3. The van der Waals surface area contributed by atoms with Gasteiger partial charge in [-0.1, -0.05) is 32.0 Å². The Balaban J connectivity index is 2.07. The van der Waals surface area contributed by atoms with Gasteiger partial charge in [-0.3, -0.25) is 0 Å². The van der Waals surface area contributed by atoms with E-state index < -0.39 is 0 Å². The number of hydrogen-bond donors (Lipinski definition) is 1. The summed E-state index contributed by atoms with van der Waals surface area (Å²) < 4.78 is 0.358. The second-order valence-corrected chi connectivity index (χ2v) is 8.49. The monoisotopic (exact) mass is 292 g/mol. The van der Waals surface area contributed by atoms with Gasteiger partial charge in [-0.05, 0) is 37.9 Å². The Morgan fingerprint density at radius 3 is 2.75 bits per heavy atom. The third-order valence-corrected chi connectivity index (χ3v) is 4.92. The lowest BCUT2D eigenvalue weighted by Crippen LogP contribution is -2.43. The first-order chi connectivity index (χ1) is 9.48. The number of thioether (sulfide) groups is 1. The normalized spacial score (nSPS) is 18.6. The quantitative estimate of drug-likeness (QED) is 0.889. The average Bonchev–Trinajstić information content (AvgIpc) is 2.37. The fourth-order valence-corrected chi connectivity index (χ4v) is 3.80. The molecule has 0 aliphatic carbocycles. The van der Waals surface area contributed by atoms with E-state index in [0.717, 1.165) is 26.2 Å². The average molecular weight is 292 g/mol. The van der Waals surface area contributed by atoms with Crippen molar-refractivity contribution >= 4 is 17.4 Å². The highest BCUT2D eigenvalue weighted by atomic mass is 32.2. The Morgan fingerprint density at radius 1 is 1.30 bits per heavy atom. The molecule has 112 valence electrons. The lowest BCUT2D eigenvalue weighted by atomic mass is 10.1. The van der Waals surface area contributed by atoms with Gasteiger partial charge in [0.15, 0.2) is 0 Å². The minimum absolute atomic E-state index is 0.358. The SMILES string of the molecule is CC(C)CNCc1ccccc1N1CCSC(C)(C)C1. The van der Waals surface area contributed by atoms with Crippen LogP contribution >= 0.6 is 11.8 Å². The minimum atomic E-state index is 0.358. The highest BCUT2D eigenvalue weighted by molar-refractivity contribution is 8.00. The first kappa shape index (κ1) is 15.7. The Bertz CT molecular complexity index is 429. The number of nitrogens with zero attached hydrogens (tertiary/aromatic N) is 1. The third-order valence-electron chi connectivity index (χ3n) is 3.63. The van der Waals surface area contributed by atoms with Crippen LogP contribution in [0.25, 0.3) is 0 Å². The van der Waals surface area contributed by atoms with Crippen LogP contribution in [0, 0.1) is 5.92 Å². The van der Waals surface area contributed by atoms with Gasteiger partial charge < -0.3 is 10.2 Å². The van der Waals surface area contributed by atoms with E-state index in [9.17, 15) is 0 Å². The molecule has 0 bridgehead atoms. The molecular formula is C17H28N2S. The van der Waals surface area contributed by atoms with E-state index in [1.807, 2.05) is 0 Å². The van der Waals surface area contributed by atoms with Gasteiger partial charge in [0.25, 0.3) is 0 Å². The van der Waals surface area contributed by atoms with Crippen LogP contribution in [0.15, 0.2) is 24.3 Å². The van der Waals surface area contributed by atoms with Gasteiger partial charge in [0, 0.05) is 35.8 Å². The van der Waals surface area contributed by atoms with Crippen LogP contribution in [0.3, 0.4) is 0 Å². The molecule has 2 rings (SSSR count). The lowest BCUT2D eigenvalue weighted by Gasteiger charge is -2.39. The summed E-state index contributed by atoms with van der Waals surface area (Å²) in [6.07, 6.45) is 0. The number of nitrogens with one attached hydrogen (secondary N) is 1. The highest BCUT2D eigenvalue weighted by Crippen LogP contribution is 2.33. The van der Waals surface area contributed by atoms with Crippen LogP contribution in [0.2, 0.25) is 0 Å². The number of benzene rings is 1. The largest absolute Gasteiger partial charge is 0.369 e. The predicted octanol–water partition coefficient (Wildman–Crippen LogP) is 3.76. The number of rotatable bonds is 5. The Labute approximate surface area is 128 Å². The summed E-state index contributed by atoms with van der Waals surface area (Å²) in [6, 6.07) is 8.85. The van der Waals surface area contributed by atoms with Crippen molar-refractivity contribution in [2.45, 2.75) is 39.0 Å². The molecule has 0 atom stereocenters. The second kappa shape index (κ2) is 6.86. The summed E-state index contributed by atoms with van der Waals surface area (Å²) in [5, 5.41) is 3.57. The zero-order valence-corrected chi connectivity index (χ0v) is 14.1. The van der Waals surface area contributed by atoms with E-state index >= 15 is 0 Å². The zero-order valence-electron chi connectivity index (χ0n) is 13.3. The van der Waals surface area contributed by atoms with Crippen LogP contribution in [0.1, 0.15) is 33.3 Å². The molecule has 1 saturated heterocycles. The van der Waals surface area contributed by atoms with Gasteiger partial charge in [0.05, 0.1) is 0 Å². The van der Waals surface area contributed by atoms with Gasteiger partial charge in [-0.25, -0.2) is 0 Å². The predicted molar refractivity (Wildman–Crippen MR) is 91.7 cm³/mol. The maximum Gasteiger partial charge on any atom is 0.0412 e. The van der Waals surface area contributed by atoms with Crippen LogP contribution in [-0.2, 0) is 6.54 Å². The third kappa shape index (κ3) is 4.42. The maximum atomic E-state index is 3.57. The Hall–Kier alpha value is -0.670. The molecule has 0 spiro atoms. The molecule has 0 amide bonds. The summed E-state index contributed by atoms with van der Waals surface area (Å²) >= 11 is 2.09. The van der Waals surface area contributed by atoms with Crippen molar-refractivity contribution in [1.29, 1.82) is 0 Å². The second-order valence-electron chi connectivity index (χ2n) is 6.68. The van der Waals surface area contributed by atoms with Crippen molar-refractivity contribution in [2.75, 3.05) is 30.3 Å². The fraction of sp³-hybridized carbons (Fsp3) is 0.647. The lowest BCUT2D eigenvalue weighted by molar-refractivity contribution is 0.551. The summed E-state index contributed by atoms with van der Waals surface area (Å²) in [5.74, 6) is 1.92. The molecule has 1 aliphatic heterocycles. The molecule has 0 aromatic heterocycles. The van der Waals surface area contributed by atoms with Gasteiger partial charge in [0.2, 0.25) is 0 Å². The van der Waals surface area contributed by atoms with Gasteiger partial charge in [-0.15, -0.1) is 0 Å². The summed E-state index contributed by atoms with van der Waals surface area (Å²) in [7, 11) is 0. The van der Waals surface area contributed by atoms with E-state index in [-0.39, 0.29) is 0 Å². The van der Waals surface area contributed by atoms with E-state index in [2.05, 4.69) is 73.9 Å². The molecule has 1 heterocycles. The molecule has 1 aliphatic rings. The topological polar surface area (TPSA) is 15.3 Å². The molecule has 0 radical (unpaired) electrons. The van der Waals surface area contributed by atoms with Crippen molar-refractivity contribution in [1.82, 2.24) is 5.32 Å². The van der Waals surface area contributed by atoms with Gasteiger partial charge in [-0.2, -0.15) is 11.8 Å². The smallest absolute Gasteiger partial charge is 0.0412 e. The molecule has 1 aromatic carbocycles. The molecular weight excluding hydrogens is 264 g/mol. The molecule has 0 unspecified atom stereocenters. The van der Waals surface area contributed by atoms with Crippen molar-refractivity contribution in [3.63, 3.8) is 0 Å². The first-order valence-electron chi connectivity index (χ1n) is 7.65. The van der Waals surface area contributed by atoms with Crippen LogP contribution in [0.5, 0.6) is 0 Å². The summed E-state index contributed by atoms with van der Waals surface area (Å²) in [4.78, 5) is 2.56. The van der Waals surface area contributed by atoms with Gasteiger partial charge in [0.1, 0.15) is 0 Å². The highest BCUT2D eigenvalue weighted by Gasteiger charge is 2.27. The minimum Gasteiger partial charge on any atom is -0.369 e. The first-order valence-corrected chi connectivity index (χ1v) is 8.64. The van der Waals surface area contributed by atoms with Crippen molar-refractivity contribution in [3.8, 4) is 0 Å². The van der Waals surface area contributed by atoms with E-state index in [1.54, 1.807) is 0 Å². The zero-order chi connectivity index (χ0) is 14.6. The molecule has 2 nitrogen and oxygen atoms in total. The molecule has 1 N–H and O–H groups in total. The van der Waals surface area contributed by atoms with Crippen molar-refractivity contribution in [3.05, 3.63) is 29.8 Å². The fourth-order valence-electron chi connectivity index (χ4n) is 2.69. The molecule has 1 aromatic rings. The van der Waals surface area contributed by atoms with E-state index in [4.69, 9.17) is 0 Å². The van der Waals surface area contributed by atoms with Crippen LogP contribution < -0.4 is 10.2 Å². The molecule has 1 fully saturated rings. The number of hydrogen-bond acceptors (Lipinski definition) is 3. The van der Waals surface area contributed by atoms with Crippen LogP contribution in [-0.4, -0.2) is 30.1 Å². The summed E-state index contributed by atoms with van der Waals surface area (Å²) in [6.45, 7) is 13.6.